The number of hydrogen-bond donors (Lipinski definition) is 1. The average Bonchev–Trinajstić information content (AvgIpc) is 2.69. The molecule has 1 saturated carbocycles. The first kappa shape index (κ1) is 18.7. The Balaban J connectivity index is 1.42. The van der Waals surface area contributed by atoms with Crippen molar-refractivity contribution in [2.75, 3.05) is 6.61 Å². The van der Waals surface area contributed by atoms with Crippen LogP contribution in [0, 0.1) is 11.8 Å². The highest BCUT2D eigenvalue weighted by atomic mass is 16.5. The van der Waals surface area contributed by atoms with E-state index < -0.39 is 0 Å². The molecule has 0 atom stereocenters. The van der Waals surface area contributed by atoms with E-state index >= 15 is 0 Å². The molecular weight excluding hydrogens is 324 g/mol. The molecule has 26 heavy (non-hydrogen) atoms. The number of hydrogen-bond acceptors (Lipinski definition) is 4. The Kier molecular flexibility index (Phi) is 6.87. The molecule has 2 aromatic rings. The minimum absolute atomic E-state index is 0.0776. The van der Waals surface area contributed by atoms with Gasteiger partial charge >= 0.3 is 0 Å². The Bertz CT molecular complexity index is 647. The smallest absolute Gasteiger partial charge is 0.159 e. The minimum Gasteiger partial charge on any atom is -0.505 e. The number of benzene rings is 1. The lowest BCUT2D eigenvalue weighted by Crippen LogP contribution is -2.20. The molecule has 4 nitrogen and oxygen atoms in total. The summed E-state index contributed by atoms with van der Waals surface area (Å²) in [5.74, 6) is 3.22. The fraction of sp³-hybridized carbons (Fsp3) is 0.545. The summed E-state index contributed by atoms with van der Waals surface area (Å²) in [6.45, 7) is 3.09. The zero-order valence-electron chi connectivity index (χ0n) is 15.7. The van der Waals surface area contributed by atoms with Gasteiger partial charge in [0.25, 0.3) is 0 Å². The second-order valence-corrected chi connectivity index (χ2v) is 7.48. The number of nitrogens with zero attached hydrogens (tertiary/aromatic N) is 2. The third-order valence-corrected chi connectivity index (χ3v) is 5.42. The average molecular weight is 354 g/mol. The standard InChI is InChI=1S/C22H30N2O2/c1-2-3-4-5-17-6-8-18(9-7-17)16-26-21-12-10-19(11-13-21)22-23-14-20(25)15-24-22/h10-15,17-18,25H,2-9,16H2,1H3. The first-order valence-electron chi connectivity index (χ1n) is 9.99. The predicted octanol–water partition coefficient (Wildman–Crippen LogP) is 5.61. The number of rotatable bonds is 8. The SMILES string of the molecule is CCCCCC1CCC(COc2ccc(-c3ncc(O)cn3)cc2)CC1. The van der Waals surface area contributed by atoms with Gasteiger partial charge in [0.2, 0.25) is 0 Å². The number of ether oxygens (including phenoxy) is 1. The van der Waals surface area contributed by atoms with Gasteiger partial charge in [-0.2, -0.15) is 0 Å². The molecule has 0 unspecified atom stereocenters. The van der Waals surface area contributed by atoms with Gasteiger partial charge in [0.15, 0.2) is 11.6 Å². The summed E-state index contributed by atoms with van der Waals surface area (Å²) < 4.78 is 6.01. The van der Waals surface area contributed by atoms with Crippen LogP contribution >= 0.6 is 0 Å². The highest BCUT2D eigenvalue weighted by molar-refractivity contribution is 5.56. The van der Waals surface area contributed by atoms with Crippen LogP contribution in [0.2, 0.25) is 0 Å². The van der Waals surface area contributed by atoms with Crippen LogP contribution in [0.3, 0.4) is 0 Å². The molecule has 1 N–H and O–H groups in total. The Morgan fingerprint density at radius 3 is 2.27 bits per heavy atom. The van der Waals surface area contributed by atoms with E-state index in [2.05, 4.69) is 16.9 Å². The fourth-order valence-corrected chi connectivity index (χ4v) is 3.75. The molecule has 0 bridgehead atoms. The van der Waals surface area contributed by atoms with E-state index in [-0.39, 0.29) is 5.75 Å². The molecule has 1 aromatic carbocycles. The van der Waals surface area contributed by atoms with E-state index in [9.17, 15) is 5.11 Å². The zero-order chi connectivity index (χ0) is 18.2. The van der Waals surface area contributed by atoms with Crippen molar-refractivity contribution < 1.29 is 9.84 Å². The molecule has 0 radical (unpaired) electrons. The van der Waals surface area contributed by atoms with E-state index in [1.54, 1.807) is 0 Å². The van der Waals surface area contributed by atoms with Gasteiger partial charge in [-0.1, -0.05) is 45.4 Å². The molecule has 0 saturated heterocycles. The van der Waals surface area contributed by atoms with Gasteiger partial charge in [-0.25, -0.2) is 9.97 Å². The molecule has 1 aliphatic carbocycles. The largest absolute Gasteiger partial charge is 0.505 e. The van der Waals surface area contributed by atoms with Crippen LogP contribution in [-0.2, 0) is 0 Å². The first-order chi connectivity index (χ1) is 12.7. The van der Waals surface area contributed by atoms with E-state index in [1.807, 2.05) is 24.3 Å². The Morgan fingerprint density at radius 1 is 0.962 bits per heavy atom. The van der Waals surface area contributed by atoms with Gasteiger partial charge in [-0.3, -0.25) is 0 Å². The van der Waals surface area contributed by atoms with Crippen molar-refractivity contribution in [1.29, 1.82) is 0 Å². The third kappa shape index (κ3) is 5.45. The maximum atomic E-state index is 9.27. The van der Waals surface area contributed by atoms with Crippen molar-refractivity contribution in [3.8, 4) is 22.9 Å². The van der Waals surface area contributed by atoms with E-state index in [4.69, 9.17) is 4.74 Å². The van der Waals surface area contributed by atoms with Crippen LogP contribution in [0.5, 0.6) is 11.5 Å². The molecule has 1 fully saturated rings. The predicted molar refractivity (Wildman–Crippen MR) is 104 cm³/mol. The molecule has 4 heteroatoms. The summed E-state index contributed by atoms with van der Waals surface area (Å²) in [5.41, 5.74) is 0.921. The van der Waals surface area contributed by atoms with Crippen LogP contribution in [0.4, 0.5) is 0 Å². The van der Waals surface area contributed by atoms with Crippen molar-refractivity contribution in [3.63, 3.8) is 0 Å². The van der Waals surface area contributed by atoms with Crippen LogP contribution < -0.4 is 4.74 Å². The lowest BCUT2D eigenvalue weighted by molar-refractivity contribution is 0.177. The van der Waals surface area contributed by atoms with Gasteiger partial charge in [0.05, 0.1) is 19.0 Å². The molecule has 140 valence electrons. The van der Waals surface area contributed by atoms with Gasteiger partial charge in [-0.15, -0.1) is 0 Å². The summed E-state index contributed by atoms with van der Waals surface area (Å²) in [6, 6.07) is 7.88. The first-order valence-corrected chi connectivity index (χ1v) is 9.99. The zero-order valence-corrected chi connectivity index (χ0v) is 15.7. The molecule has 0 amide bonds. The van der Waals surface area contributed by atoms with Crippen molar-refractivity contribution in [2.45, 2.75) is 58.3 Å². The molecule has 0 aliphatic heterocycles. The second-order valence-electron chi connectivity index (χ2n) is 7.48. The van der Waals surface area contributed by atoms with Crippen LogP contribution in [-0.4, -0.2) is 21.7 Å². The van der Waals surface area contributed by atoms with Crippen molar-refractivity contribution in [1.82, 2.24) is 9.97 Å². The Morgan fingerprint density at radius 2 is 1.62 bits per heavy atom. The third-order valence-electron chi connectivity index (χ3n) is 5.42. The summed E-state index contributed by atoms with van der Waals surface area (Å²) in [4.78, 5) is 8.26. The molecule has 0 spiro atoms. The number of aromatic hydroxyl groups is 1. The normalized spacial score (nSPS) is 20.0. The topological polar surface area (TPSA) is 55.2 Å². The van der Waals surface area contributed by atoms with Crippen LogP contribution in [0.15, 0.2) is 36.7 Å². The quantitative estimate of drug-likeness (QED) is 0.626. The van der Waals surface area contributed by atoms with Crippen molar-refractivity contribution in [3.05, 3.63) is 36.7 Å². The molecule has 1 aliphatic rings. The maximum Gasteiger partial charge on any atom is 0.159 e. The van der Waals surface area contributed by atoms with Crippen molar-refractivity contribution in [2.24, 2.45) is 11.8 Å². The maximum absolute atomic E-state index is 9.27. The highest BCUT2D eigenvalue weighted by Crippen LogP contribution is 2.32. The lowest BCUT2D eigenvalue weighted by Gasteiger charge is -2.28. The fourth-order valence-electron chi connectivity index (χ4n) is 3.75. The summed E-state index contributed by atoms with van der Waals surface area (Å²) in [5, 5.41) is 9.27. The van der Waals surface area contributed by atoms with Gasteiger partial charge < -0.3 is 9.84 Å². The summed E-state index contributed by atoms with van der Waals surface area (Å²) >= 11 is 0. The highest BCUT2D eigenvalue weighted by Gasteiger charge is 2.21. The monoisotopic (exact) mass is 354 g/mol. The van der Waals surface area contributed by atoms with Gasteiger partial charge in [0.1, 0.15) is 5.75 Å². The molecule has 1 heterocycles. The van der Waals surface area contributed by atoms with Crippen LogP contribution in [0.1, 0.15) is 58.3 Å². The molecule has 1 aromatic heterocycles. The summed E-state index contributed by atoms with van der Waals surface area (Å²) in [7, 11) is 0. The number of aromatic nitrogens is 2. The van der Waals surface area contributed by atoms with E-state index in [0.29, 0.717) is 11.7 Å². The van der Waals surface area contributed by atoms with E-state index in [0.717, 1.165) is 23.8 Å². The van der Waals surface area contributed by atoms with Gasteiger partial charge in [-0.05, 0) is 48.9 Å². The van der Waals surface area contributed by atoms with Gasteiger partial charge in [0, 0.05) is 5.56 Å². The minimum atomic E-state index is 0.0776. The summed E-state index contributed by atoms with van der Waals surface area (Å²) in [6.07, 6.45) is 13.7. The Hall–Kier alpha value is -2.10. The second kappa shape index (κ2) is 9.56. The van der Waals surface area contributed by atoms with Crippen molar-refractivity contribution >= 4 is 0 Å². The molecule has 3 rings (SSSR count). The van der Waals surface area contributed by atoms with Crippen LogP contribution in [0.25, 0.3) is 11.4 Å². The Labute approximate surface area is 156 Å². The molecular formula is C22H30N2O2. The van der Waals surface area contributed by atoms with E-state index in [1.165, 1.54) is 63.8 Å². The lowest BCUT2D eigenvalue weighted by atomic mass is 9.80. The number of unbranched alkanes of at least 4 members (excludes halogenated alkanes) is 2.